The van der Waals surface area contributed by atoms with E-state index >= 15 is 0 Å². The summed E-state index contributed by atoms with van der Waals surface area (Å²) in [5, 5.41) is 17.1. The van der Waals surface area contributed by atoms with E-state index < -0.39 is 6.10 Å². The first-order valence-electron chi connectivity index (χ1n) is 3.88. The third-order valence-electron chi connectivity index (χ3n) is 2.13. The third-order valence-corrected chi connectivity index (χ3v) is 2.13. The van der Waals surface area contributed by atoms with E-state index in [9.17, 15) is 5.11 Å². The number of rotatable bonds is 1. The average molecular weight is 169 g/mol. The average Bonchev–Trinajstić information content (AvgIpc) is 2.59. The normalized spacial score (nSPS) is 29.5. The molecule has 1 saturated heterocycles. The smallest absolute Gasteiger partial charge is 0.140 e. The SMILES string of the molecule is Cn1cnnc1[C@@H]1COC[C@H]1O. The summed E-state index contributed by atoms with van der Waals surface area (Å²) in [5.41, 5.74) is 0. The van der Waals surface area contributed by atoms with Crippen LogP contribution in [0, 0.1) is 0 Å². The van der Waals surface area contributed by atoms with Gasteiger partial charge in [-0.3, -0.25) is 0 Å². The van der Waals surface area contributed by atoms with Gasteiger partial charge in [0.15, 0.2) is 0 Å². The lowest BCUT2D eigenvalue weighted by molar-refractivity contribution is 0.124. The topological polar surface area (TPSA) is 60.2 Å². The zero-order valence-electron chi connectivity index (χ0n) is 6.84. The van der Waals surface area contributed by atoms with Crippen LogP contribution in [0.15, 0.2) is 6.33 Å². The second-order valence-electron chi connectivity index (χ2n) is 3.01. The molecular formula is C7H11N3O2. The highest BCUT2D eigenvalue weighted by Gasteiger charge is 2.30. The Morgan fingerprint density at radius 3 is 3.00 bits per heavy atom. The van der Waals surface area contributed by atoms with Gasteiger partial charge in [-0.25, -0.2) is 0 Å². The van der Waals surface area contributed by atoms with E-state index in [1.165, 1.54) is 0 Å². The van der Waals surface area contributed by atoms with Crippen LogP contribution in [0.4, 0.5) is 0 Å². The van der Waals surface area contributed by atoms with Crippen LogP contribution in [0.5, 0.6) is 0 Å². The van der Waals surface area contributed by atoms with Gasteiger partial charge < -0.3 is 14.4 Å². The van der Waals surface area contributed by atoms with Crippen molar-refractivity contribution in [2.75, 3.05) is 13.2 Å². The van der Waals surface area contributed by atoms with Gasteiger partial charge in [0.2, 0.25) is 0 Å². The minimum absolute atomic E-state index is 0.0162. The van der Waals surface area contributed by atoms with Gasteiger partial charge in [-0.2, -0.15) is 0 Å². The summed E-state index contributed by atoms with van der Waals surface area (Å²) < 4.78 is 6.93. The van der Waals surface area contributed by atoms with Crippen LogP contribution in [-0.4, -0.2) is 39.2 Å². The molecule has 66 valence electrons. The zero-order valence-corrected chi connectivity index (χ0v) is 6.84. The Labute approximate surface area is 70.0 Å². The van der Waals surface area contributed by atoms with Gasteiger partial charge in [0.1, 0.15) is 12.2 Å². The Kier molecular flexibility index (Phi) is 1.82. The first-order valence-corrected chi connectivity index (χ1v) is 3.88. The van der Waals surface area contributed by atoms with E-state index in [0.29, 0.717) is 13.2 Å². The molecule has 2 atom stereocenters. The standard InChI is InChI=1S/C7H11N3O2/c1-10-4-8-9-7(10)5-2-12-3-6(5)11/h4-6,11H,2-3H2,1H3/t5-,6-/m1/s1. The maximum atomic E-state index is 9.48. The van der Waals surface area contributed by atoms with Crippen molar-refractivity contribution in [3.8, 4) is 0 Å². The summed E-state index contributed by atoms with van der Waals surface area (Å²) in [6.45, 7) is 0.936. The molecule has 1 aliphatic heterocycles. The summed E-state index contributed by atoms with van der Waals surface area (Å²) in [5.74, 6) is 0.775. The summed E-state index contributed by atoms with van der Waals surface area (Å²) in [6.07, 6.45) is 1.19. The van der Waals surface area contributed by atoms with Crippen molar-refractivity contribution in [3.05, 3.63) is 12.2 Å². The largest absolute Gasteiger partial charge is 0.390 e. The predicted octanol–water partition coefficient (Wildman–Crippen LogP) is -0.710. The van der Waals surface area contributed by atoms with E-state index in [1.54, 1.807) is 6.33 Å². The fourth-order valence-electron chi connectivity index (χ4n) is 1.42. The Hall–Kier alpha value is -0.940. The number of aromatic nitrogens is 3. The molecule has 0 radical (unpaired) electrons. The summed E-state index contributed by atoms with van der Waals surface area (Å²) >= 11 is 0. The number of aliphatic hydroxyl groups is 1. The maximum Gasteiger partial charge on any atom is 0.140 e. The fourth-order valence-corrected chi connectivity index (χ4v) is 1.42. The molecule has 0 bridgehead atoms. The number of hydrogen-bond donors (Lipinski definition) is 1. The Bertz CT molecular complexity index is 273. The second-order valence-corrected chi connectivity index (χ2v) is 3.01. The lowest BCUT2D eigenvalue weighted by atomic mass is 10.1. The molecule has 1 fully saturated rings. The van der Waals surface area contributed by atoms with Crippen molar-refractivity contribution < 1.29 is 9.84 Å². The van der Waals surface area contributed by atoms with Crippen LogP contribution in [0.25, 0.3) is 0 Å². The number of ether oxygens (including phenoxy) is 1. The van der Waals surface area contributed by atoms with Crippen molar-refractivity contribution >= 4 is 0 Å². The first kappa shape index (κ1) is 7.70. The molecule has 0 aromatic carbocycles. The molecule has 0 spiro atoms. The molecule has 5 heteroatoms. The quantitative estimate of drug-likeness (QED) is 0.603. The monoisotopic (exact) mass is 169 g/mol. The number of aryl methyl sites for hydroxylation is 1. The van der Waals surface area contributed by atoms with Gasteiger partial charge in [0.25, 0.3) is 0 Å². The molecule has 1 aromatic rings. The molecule has 0 aliphatic carbocycles. The molecule has 1 aliphatic rings. The summed E-state index contributed by atoms with van der Waals surface area (Å²) in [4.78, 5) is 0. The summed E-state index contributed by atoms with van der Waals surface area (Å²) in [6, 6.07) is 0. The molecule has 0 amide bonds. The second kappa shape index (κ2) is 2.84. The third kappa shape index (κ3) is 1.11. The van der Waals surface area contributed by atoms with Crippen LogP contribution in [-0.2, 0) is 11.8 Å². The number of nitrogens with zero attached hydrogens (tertiary/aromatic N) is 3. The van der Waals surface area contributed by atoms with Gasteiger partial charge in [0, 0.05) is 7.05 Å². The van der Waals surface area contributed by atoms with Crippen LogP contribution in [0.1, 0.15) is 11.7 Å². The lowest BCUT2D eigenvalue weighted by Crippen LogP contribution is -2.19. The Morgan fingerprint density at radius 2 is 2.50 bits per heavy atom. The first-order chi connectivity index (χ1) is 5.79. The van der Waals surface area contributed by atoms with Crippen molar-refractivity contribution in [3.63, 3.8) is 0 Å². The van der Waals surface area contributed by atoms with E-state index in [2.05, 4.69) is 10.2 Å². The molecule has 1 aromatic heterocycles. The minimum atomic E-state index is -0.437. The van der Waals surface area contributed by atoms with Gasteiger partial charge >= 0.3 is 0 Å². The van der Waals surface area contributed by atoms with Crippen molar-refractivity contribution in [1.29, 1.82) is 0 Å². The molecule has 2 heterocycles. The molecule has 0 unspecified atom stereocenters. The molecule has 2 rings (SSSR count). The van der Waals surface area contributed by atoms with E-state index in [0.717, 1.165) is 5.82 Å². The van der Waals surface area contributed by atoms with Gasteiger partial charge in [-0.1, -0.05) is 0 Å². The van der Waals surface area contributed by atoms with Crippen LogP contribution >= 0.6 is 0 Å². The molecule has 0 saturated carbocycles. The fraction of sp³-hybridized carbons (Fsp3) is 0.714. The molecule has 5 nitrogen and oxygen atoms in total. The molecule has 12 heavy (non-hydrogen) atoms. The number of hydrogen-bond acceptors (Lipinski definition) is 4. The maximum absolute atomic E-state index is 9.48. The minimum Gasteiger partial charge on any atom is -0.390 e. The highest BCUT2D eigenvalue weighted by molar-refractivity contribution is 5.01. The Morgan fingerprint density at radius 1 is 1.67 bits per heavy atom. The summed E-state index contributed by atoms with van der Waals surface area (Å²) in [7, 11) is 1.86. The Balaban J connectivity index is 2.24. The lowest BCUT2D eigenvalue weighted by Gasteiger charge is -2.09. The van der Waals surface area contributed by atoms with Gasteiger partial charge in [-0.15, -0.1) is 10.2 Å². The van der Waals surface area contributed by atoms with E-state index in [4.69, 9.17) is 4.74 Å². The molecular weight excluding hydrogens is 158 g/mol. The predicted molar refractivity (Wildman–Crippen MR) is 40.6 cm³/mol. The van der Waals surface area contributed by atoms with Crippen LogP contribution in [0.3, 0.4) is 0 Å². The van der Waals surface area contributed by atoms with E-state index in [-0.39, 0.29) is 5.92 Å². The van der Waals surface area contributed by atoms with Crippen molar-refractivity contribution in [2.45, 2.75) is 12.0 Å². The van der Waals surface area contributed by atoms with Crippen molar-refractivity contribution in [1.82, 2.24) is 14.8 Å². The zero-order chi connectivity index (χ0) is 8.55. The highest BCUT2D eigenvalue weighted by atomic mass is 16.5. The van der Waals surface area contributed by atoms with Crippen molar-refractivity contribution in [2.24, 2.45) is 7.05 Å². The number of aliphatic hydroxyl groups excluding tert-OH is 1. The van der Waals surface area contributed by atoms with Crippen LogP contribution < -0.4 is 0 Å². The van der Waals surface area contributed by atoms with E-state index in [1.807, 2.05) is 11.6 Å². The molecule has 1 N–H and O–H groups in total. The van der Waals surface area contributed by atoms with Crippen LogP contribution in [0.2, 0.25) is 0 Å². The van der Waals surface area contributed by atoms with Gasteiger partial charge in [-0.05, 0) is 0 Å². The highest BCUT2D eigenvalue weighted by Crippen LogP contribution is 2.22. The van der Waals surface area contributed by atoms with Gasteiger partial charge in [0.05, 0.1) is 25.2 Å².